The predicted molar refractivity (Wildman–Crippen MR) is 106 cm³/mol. The zero-order valence-corrected chi connectivity index (χ0v) is 16.6. The summed E-state index contributed by atoms with van der Waals surface area (Å²) in [5, 5.41) is 2.76. The Labute approximate surface area is 162 Å². The highest BCUT2D eigenvalue weighted by molar-refractivity contribution is 8.00. The Balaban J connectivity index is 2.14. The highest BCUT2D eigenvalue weighted by Crippen LogP contribution is 2.27. The first kappa shape index (κ1) is 20.9. The van der Waals surface area contributed by atoms with Gasteiger partial charge in [0.2, 0.25) is 15.9 Å². The second-order valence-electron chi connectivity index (χ2n) is 6.01. The first-order chi connectivity index (χ1) is 12.7. The number of amides is 2. The molecule has 0 heterocycles. The standard InChI is InChI=1S/C18H21N3O4S2/c1-12(2)21-27(24,25)14-9-7-13(8-10-14)18(23)20-15-5-3-4-6-16(15)26-11-17(19)22/h3-10,12,21H,11H2,1-2H3,(H2,19,22)(H,20,23). The van der Waals surface area contributed by atoms with E-state index in [2.05, 4.69) is 10.0 Å². The highest BCUT2D eigenvalue weighted by atomic mass is 32.2. The quantitative estimate of drug-likeness (QED) is 0.580. The Hall–Kier alpha value is -2.36. The van der Waals surface area contributed by atoms with Crippen LogP contribution in [0.1, 0.15) is 24.2 Å². The normalized spacial score (nSPS) is 11.4. The summed E-state index contributed by atoms with van der Waals surface area (Å²) in [5.41, 5.74) is 6.02. The second kappa shape index (κ2) is 9.03. The molecule has 0 spiro atoms. The monoisotopic (exact) mass is 407 g/mol. The fourth-order valence-corrected chi connectivity index (χ4v) is 4.20. The Morgan fingerprint density at radius 1 is 1.07 bits per heavy atom. The number of rotatable bonds is 8. The van der Waals surface area contributed by atoms with Gasteiger partial charge in [-0.2, -0.15) is 0 Å². The van der Waals surface area contributed by atoms with Crippen LogP contribution in [0.15, 0.2) is 58.3 Å². The molecule has 0 aromatic heterocycles. The van der Waals surface area contributed by atoms with E-state index in [4.69, 9.17) is 5.73 Å². The van der Waals surface area contributed by atoms with Gasteiger partial charge < -0.3 is 11.1 Å². The fourth-order valence-electron chi connectivity index (χ4n) is 2.20. The Kier molecular flexibility index (Phi) is 7.00. The summed E-state index contributed by atoms with van der Waals surface area (Å²) in [4.78, 5) is 24.2. The smallest absolute Gasteiger partial charge is 0.255 e. The third-order valence-electron chi connectivity index (χ3n) is 3.32. The topological polar surface area (TPSA) is 118 Å². The Morgan fingerprint density at radius 2 is 1.70 bits per heavy atom. The fraction of sp³-hybridized carbons (Fsp3) is 0.222. The van der Waals surface area contributed by atoms with Crippen LogP contribution < -0.4 is 15.8 Å². The number of nitrogens with one attached hydrogen (secondary N) is 2. The summed E-state index contributed by atoms with van der Waals surface area (Å²) in [6, 6.07) is 12.5. The van der Waals surface area contributed by atoms with E-state index in [-0.39, 0.29) is 22.6 Å². The molecule has 4 N–H and O–H groups in total. The van der Waals surface area contributed by atoms with Gasteiger partial charge >= 0.3 is 0 Å². The van der Waals surface area contributed by atoms with Crippen LogP contribution in [0.5, 0.6) is 0 Å². The number of nitrogens with two attached hydrogens (primary N) is 1. The number of anilines is 1. The minimum atomic E-state index is -3.61. The van der Waals surface area contributed by atoms with Gasteiger partial charge in [-0.1, -0.05) is 12.1 Å². The van der Waals surface area contributed by atoms with Crippen LogP contribution in [0, 0.1) is 0 Å². The summed E-state index contributed by atoms with van der Waals surface area (Å²) >= 11 is 1.23. The maximum atomic E-state index is 12.5. The van der Waals surface area contributed by atoms with E-state index in [1.165, 1.54) is 36.0 Å². The van der Waals surface area contributed by atoms with Crippen LogP contribution in [-0.4, -0.2) is 32.0 Å². The number of benzene rings is 2. The summed E-state index contributed by atoms with van der Waals surface area (Å²) in [7, 11) is -3.61. The molecule has 2 aromatic carbocycles. The van der Waals surface area contributed by atoms with E-state index < -0.39 is 15.9 Å². The molecule has 0 fully saturated rings. The third kappa shape index (κ3) is 6.09. The maximum absolute atomic E-state index is 12.5. The Bertz CT molecular complexity index is 926. The van der Waals surface area contributed by atoms with Crippen molar-refractivity contribution < 1.29 is 18.0 Å². The number of carbonyl (C=O) groups is 2. The summed E-state index contributed by atoms with van der Waals surface area (Å²) in [6.07, 6.45) is 0. The summed E-state index contributed by atoms with van der Waals surface area (Å²) in [6.45, 7) is 3.46. The molecule has 0 aliphatic rings. The SMILES string of the molecule is CC(C)NS(=O)(=O)c1ccc(C(=O)Nc2ccccc2SCC(N)=O)cc1. The average molecular weight is 408 g/mol. The lowest BCUT2D eigenvalue weighted by atomic mass is 10.2. The molecular weight excluding hydrogens is 386 g/mol. The number of para-hydroxylation sites is 1. The number of hydrogen-bond donors (Lipinski definition) is 3. The van der Waals surface area contributed by atoms with Gasteiger partial charge in [0.05, 0.1) is 16.3 Å². The maximum Gasteiger partial charge on any atom is 0.255 e. The van der Waals surface area contributed by atoms with E-state index in [0.29, 0.717) is 16.1 Å². The lowest BCUT2D eigenvalue weighted by molar-refractivity contribution is -0.115. The zero-order chi connectivity index (χ0) is 20.0. The molecule has 0 aliphatic heterocycles. The van der Waals surface area contributed by atoms with Gasteiger partial charge in [0, 0.05) is 16.5 Å². The largest absolute Gasteiger partial charge is 0.369 e. The average Bonchev–Trinajstić information content (AvgIpc) is 2.60. The molecule has 144 valence electrons. The first-order valence-electron chi connectivity index (χ1n) is 8.13. The molecular formula is C18H21N3O4S2. The molecule has 0 aliphatic carbocycles. The van der Waals surface area contributed by atoms with Gasteiger partial charge in [0.1, 0.15) is 0 Å². The molecule has 0 bridgehead atoms. The van der Waals surface area contributed by atoms with Crippen LogP contribution in [0.25, 0.3) is 0 Å². The van der Waals surface area contributed by atoms with Crippen LogP contribution in [0.4, 0.5) is 5.69 Å². The van der Waals surface area contributed by atoms with E-state index in [9.17, 15) is 18.0 Å². The van der Waals surface area contributed by atoms with Gasteiger partial charge in [-0.3, -0.25) is 9.59 Å². The second-order valence-corrected chi connectivity index (χ2v) is 8.74. The van der Waals surface area contributed by atoms with E-state index in [1.54, 1.807) is 38.1 Å². The molecule has 9 heteroatoms. The van der Waals surface area contributed by atoms with E-state index in [0.717, 1.165) is 0 Å². The molecule has 2 aromatic rings. The van der Waals surface area contributed by atoms with E-state index in [1.807, 2.05) is 0 Å². The van der Waals surface area contributed by atoms with Crippen molar-refractivity contribution in [1.29, 1.82) is 0 Å². The lowest BCUT2D eigenvalue weighted by Gasteiger charge is -2.11. The lowest BCUT2D eigenvalue weighted by Crippen LogP contribution is -2.30. The van der Waals surface area contributed by atoms with Crippen molar-refractivity contribution in [2.24, 2.45) is 5.73 Å². The molecule has 0 saturated carbocycles. The molecule has 2 rings (SSSR count). The molecule has 27 heavy (non-hydrogen) atoms. The van der Waals surface area contributed by atoms with Gasteiger partial charge in [-0.25, -0.2) is 13.1 Å². The number of thioether (sulfide) groups is 1. The van der Waals surface area contributed by atoms with Gasteiger partial charge in [0.15, 0.2) is 0 Å². The van der Waals surface area contributed by atoms with Gasteiger partial charge in [0.25, 0.3) is 5.91 Å². The predicted octanol–water partition coefficient (Wildman–Crippen LogP) is 2.20. The van der Waals surface area contributed by atoms with Crippen molar-refractivity contribution in [3.8, 4) is 0 Å². The minimum Gasteiger partial charge on any atom is -0.369 e. The van der Waals surface area contributed by atoms with Crippen molar-refractivity contribution in [2.75, 3.05) is 11.1 Å². The van der Waals surface area contributed by atoms with Crippen molar-refractivity contribution >= 4 is 39.3 Å². The molecule has 0 unspecified atom stereocenters. The van der Waals surface area contributed by atoms with Crippen LogP contribution >= 0.6 is 11.8 Å². The van der Waals surface area contributed by atoms with Gasteiger partial charge in [-0.15, -0.1) is 11.8 Å². The van der Waals surface area contributed by atoms with Crippen LogP contribution in [0.2, 0.25) is 0 Å². The van der Waals surface area contributed by atoms with Crippen molar-refractivity contribution in [2.45, 2.75) is 29.7 Å². The van der Waals surface area contributed by atoms with Crippen LogP contribution in [0.3, 0.4) is 0 Å². The zero-order valence-electron chi connectivity index (χ0n) is 14.9. The summed E-state index contributed by atoms with van der Waals surface area (Å²) < 4.78 is 26.8. The molecule has 2 amide bonds. The molecule has 0 saturated heterocycles. The third-order valence-corrected chi connectivity index (χ3v) is 6.09. The van der Waals surface area contributed by atoms with E-state index >= 15 is 0 Å². The Morgan fingerprint density at radius 3 is 2.30 bits per heavy atom. The van der Waals surface area contributed by atoms with Crippen molar-refractivity contribution in [1.82, 2.24) is 4.72 Å². The highest BCUT2D eigenvalue weighted by Gasteiger charge is 2.16. The number of hydrogen-bond acceptors (Lipinski definition) is 5. The number of carbonyl (C=O) groups excluding carboxylic acids is 2. The molecule has 0 atom stereocenters. The molecule has 0 radical (unpaired) electrons. The number of primary amides is 1. The summed E-state index contributed by atoms with van der Waals surface area (Å²) in [5.74, 6) is -0.738. The number of sulfonamides is 1. The first-order valence-corrected chi connectivity index (χ1v) is 10.6. The van der Waals surface area contributed by atoms with Gasteiger partial charge in [-0.05, 0) is 50.2 Å². The minimum absolute atomic E-state index is 0.0881. The van der Waals surface area contributed by atoms with Crippen molar-refractivity contribution in [3.05, 3.63) is 54.1 Å². The van der Waals surface area contributed by atoms with Crippen molar-refractivity contribution in [3.63, 3.8) is 0 Å². The van der Waals surface area contributed by atoms with Crippen LogP contribution in [-0.2, 0) is 14.8 Å². The molecule has 7 nitrogen and oxygen atoms in total.